The van der Waals surface area contributed by atoms with E-state index in [-0.39, 0.29) is 11.8 Å². The first kappa shape index (κ1) is 19.7. The molecule has 0 fully saturated rings. The van der Waals surface area contributed by atoms with Gasteiger partial charge in [-0.2, -0.15) is 0 Å². The Morgan fingerprint density at radius 1 is 1.07 bits per heavy atom. The molecule has 0 radical (unpaired) electrons. The van der Waals surface area contributed by atoms with Gasteiger partial charge in [0, 0.05) is 28.0 Å². The van der Waals surface area contributed by atoms with E-state index >= 15 is 0 Å². The number of nitrogens with zero attached hydrogens (tertiary/aromatic N) is 2. The predicted molar refractivity (Wildman–Crippen MR) is 113 cm³/mol. The van der Waals surface area contributed by atoms with Crippen LogP contribution in [0.25, 0.3) is 22.3 Å². The summed E-state index contributed by atoms with van der Waals surface area (Å²) in [6.07, 6.45) is 0.901. The van der Waals surface area contributed by atoms with Gasteiger partial charge in [0.05, 0.1) is 11.1 Å². The fraction of sp³-hybridized carbons (Fsp3) is 0.300. The van der Waals surface area contributed by atoms with Gasteiger partial charge in [0.2, 0.25) is 0 Å². The fourth-order valence-electron chi connectivity index (χ4n) is 2.96. The molecule has 0 saturated heterocycles. The number of hydrogen-bond acceptors (Lipinski definition) is 5. The van der Waals surface area contributed by atoms with Crippen molar-refractivity contribution in [3.8, 4) is 17.1 Å². The Bertz CT molecular complexity index is 962. The van der Waals surface area contributed by atoms with Gasteiger partial charge in [0.25, 0.3) is 0 Å². The van der Waals surface area contributed by atoms with E-state index < -0.39 is 0 Å². The summed E-state index contributed by atoms with van der Waals surface area (Å²) in [7, 11) is 0. The summed E-state index contributed by atoms with van der Waals surface area (Å²) in [5, 5.41) is 15.4. The van der Waals surface area contributed by atoms with Crippen LogP contribution in [0.4, 0.5) is 5.82 Å². The summed E-state index contributed by atoms with van der Waals surface area (Å²) in [4.78, 5) is 9.18. The number of rotatable bonds is 6. The highest BCUT2D eigenvalue weighted by molar-refractivity contribution is 6.31. The van der Waals surface area contributed by atoms with E-state index in [1.165, 1.54) is 6.07 Å². The number of anilines is 1. The van der Waals surface area contributed by atoms with Gasteiger partial charge in [-0.3, -0.25) is 0 Å². The molecule has 5 nitrogen and oxygen atoms in total. The third-order valence-electron chi connectivity index (χ3n) is 4.16. The molecule has 0 amide bonds. The van der Waals surface area contributed by atoms with Crippen LogP contribution < -0.4 is 11.1 Å². The third kappa shape index (κ3) is 4.80. The van der Waals surface area contributed by atoms with Crippen LogP contribution in [0, 0.1) is 5.92 Å². The number of phenols is 1. The Balaban J connectivity index is 2.04. The van der Waals surface area contributed by atoms with Gasteiger partial charge in [-0.05, 0) is 48.7 Å². The topological polar surface area (TPSA) is 84.1 Å². The Kier molecular flexibility index (Phi) is 6.05. The van der Waals surface area contributed by atoms with Crippen LogP contribution in [-0.4, -0.2) is 27.7 Å². The van der Waals surface area contributed by atoms with Crippen molar-refractivity contribution in [3.63, 3.8) is 0 Å². The summed E-state index contributed by atoms with van der Waals surface area (Å²) in [6, 6.07) is 10.2. The average Bonchev–Trinajstić information content (AvgIpc) is 2.61. The smallest absolute Gasteiger partial charge is 0.165 e. The number of hydrogen-bond donors (Lipinski definition) is 3. The number of aromatic hydroxyl groups is 1. The molecule has 1 aromatic heterocycles. The molecule has 0 aliphatic carbocycles. The highest BCUT2D eigenvalue weighted by Crippen LogP contribution is 2.33. The summed E-state index contributed by atoms with van der Waals surface area (Å²) < 4.78 is 0. The number of nitrogens with one attached hydrogen (secondary N) is 1. The lowest BCUT2D eigenvalue weighted by molar-refractivity contribution is 0.477. The predicted octanol–water partition coefficient (Wildman–Crippen LogP) is 5.09. The van der Waals surface area contributed by atoms with Crippen molar-refractivity contribution in [1.29, 1.82) is 0 Å². The van der Waals surface area contributed by atoms with E-state index in [4.69, 9.17) is 28.9 Å². The minimum atomic E-state index is -0.00257. The standard InChI is InChI=1S/C20H22Cl2N4O/c1-11(2)7-14(23)10-24-19-15-8-12(21)3-5-17(15)25-20(26-19)16-9-13(22)4-6-18(16)27/h3-6,8-9,11,14,27H,7,10,23H2,1-2H3,(H,24,25,26)/t14-/m0/s1. The van der Waals surface area contributed by atoms with E-state index in [2.05, 4.69) is 29.1 Å². The second-order valence-corrected chi connectivity index (χ2v) is 7.86. The van der Waals surface area contributed by atoms with E-state index in [0.717, 1.165) is 11.8 Å². The lowest BCUT2D eigenvalue weighted by Crippen LogP contribution is -2.30. The number of nitrogens with two attached hydrogens (primary N) is 1. The minimum Gasteiger partial charge on any atom is -0.507 e. The monoisotopic (exact) mass is 404 g/mol. The molecule has 142 valence electrons. The van der Waals surface area contributed by atoms with Crippen molar-refractivity contribution in [1.82, 2.24) is 9.97 Å². The number of aromatic nitrogens is 2. The maximum Gasteiger partial charge on any atom is 0.165 e. The van der Waals surface area contributed by atoms with Gasteiger partial charge in [0.15, 0.2) is 5.82 Å². The largest absolute Gasteiger partial charge is 0.507 e. The van der Waals surface area contributed by atoms with Crippen molar-refractivity contribution >= 4 is 39.9 Å². The van der Waals surface area contributed by atoms with Gasteiger partial charge in [0.1, 0.15) is 11.6 Å². The molecule has 0 spiro atoms. The SMILES string of the molecule is CC(C)C[C@H](N)CNc1nc(-c2cc(Cl)ccc2O)nc2ccc(Cl)cc12. The molecule has 0 bridgehead atoms. The van der Waals surface area contributed by atoms with E-state index in [1.54, 1.807) is 18.2 Å². The molecule has 0 unspecified atom stereocenters. The molecule has 4 N–H and O–H groups in total. The normalized spacial score (nSPS) is 12.5. The molecule has 3 aromatic rings. The molecule has 0 aliphatic rings. The lowest BCUT2D eigenvalue weighted by Gasteiger charge is -2.17. The second kappa shape index (κ2) is 8.30. The number of fused-ring (bicyclic) bond motifs is 1. The molecule has 7 heteroatoms. The minimum absolute atomic E-state index is 0.00257. The maximum atomic E-state index is 10.2. The van der Waals surface area contributed by atoms with Gasteiger partial charge >= 0.3 is 0 Å². The van der Waals surface area contributed by atoms with E-state index in [1.807, 2.05) is 12.1 Å². The zero-order valence-electron chi connectivity index (χ0n) is 15.2. The Morgan fingerprint density at radius 3 is 2.52 bits per heavy atom. The van der Waals surface area contributed by atoms with Gasteiger partial charge in [-0.1, -0.05) is 37.0 Å². The van der Waals surface area contributed by atoms with Crippen LogP contribution in [0.2, 0.25) is 10.0 Å². The molecule has 2 aromatic carbocycles. The van der Waals surface area contributed by atoms with Crippen molar-refractivity contribution < 1.29 is 5.11 Å². The molecule has 0 saturated carbocycles. The first-order valence-corrected chi connectivity index (χ1v) is 9.54. The molecule has 27 heavy (non-hydrogen) atoms. The second-order valence-electron chi connectivity index (χ2n) is 6.99. The Labute approximate surface area is 168 Å². The zero-order chi connectivity index (χ0) is 19.6. The first-order chi connectivity index (χ1) is 12.8. The molecule has 1 heterocycles. The zero-order valence-corrected chi connectivity index (χ0v) is 16.7. The average molecular weight is 405 g/mol. The van der Waals surface area contributed by atoms with Crippen LogP contribution in [0.3, 0.4) is 0 Å². The van der Waals surface area contributed by atoms with Gasteiger partial charge in [-0.25, -0.2) is 9.97 Å². The molecular weight excluding hydrogens is 383 g/mol. The molecule has 1 atom stereocenters. The third-order valence-corrected chi connectivity index (χ3v) is 4.63. The molecular formula is C20H22Cl2N4O. The number of halogens is 2. The Hall–Kier alpha value is -2.08. The molecule has 0 aliphatic heterocycles. The summed E-state index contributed by atoms with van der Waals surface area (Å²) in [5.74, 6) is 1.58. The quantitative estimate of drug-likeness (QED) is 0.532. The van der Waals surface area contributed by atoms with Crippen LogP contribution >= 0.6 is 23.2 Å². The van der Waals surface area contributed by atoms with Crippen LogP contribution in [-0.2, 0) is 0 Å². The van der Waals surface area contributed by atoms with Crippen LogP contribution in [0.1, 0.15) is 20.3 Å². The van der Waals surface area contributed by atoms with Crippen molar-refractivity contribution in [2.24, 2.45) is 11.7 Å². The van der Waals surface area contributed by atoms with Crippen molar-refractivity contribution in [2.45, 2.75) is 26.3 Å². The number of benzene rings is 2. The summed E-state index contributed by atoms with van der Waals surface area (Å²) in [6.45, 7) is 4.84. The fourth-order valence-corrected chi connectivity index (χ4v) is 3.30. The summed E-state index contributed by atoms with van der Waals surface area (Å²) >= 11 is 12.2. The maximum absolute atomic E-state index is 10.2. The summed E-state index contributed by atoms with van der Waals surface area (Å²) in [5.41, 5.74) is 7.38. The van der Waals surface area contributed by atoms with E-state index in [0.29, 0.717) is 45.2 Å². The lowest BCUT2D eigenvalue weighted by atomic mass is 10.0. The van der Waals surface area contributed by atoms with Gasteiger partial charge < -0.3 is 16.2 Å². The molecule has 3 rings (SSSR count). The highest BCUT2D eigenvalue weighted by Gasteiger charge is 2.14. The van der Waals surface area contributed by atoms with Crippen molar-refractivity contribution in [2.75, 3.05) is 11.9 Å². The van der Waals surface area contributed by atoms with Crippen molar-refractivity contribution in [3.05, 3.63) is 46.4 Å². The van der Waals surface area contributed by atoms with E-state index in [9.17, 15) is 5.11 Å². The van der Waals surface area contributed by atoms with Gasteiger partial charge in [-0.15, -0.1) is 0 Å². The van der Waals surface area contributed by atoms with Crippen LogP contribution in [0.5, 0.6) is 5.75 Å². The Morgan fingerprint density at radius 2 is 1.78 bits per heavy atom. The number of phenolic OH excluding ortho intramolecular Hbond substituents is 1. The highest BCUT2D eigenvalue weighted by atomic mass is 35.5. The first-order valence-electron chi connectivity index (χ1n) is 8.79. The van der Waals surface area contributed by atoms with Crippen LogP contribution in [0.15, 0.2) is 36.4 Å².